The summed E-state index contributed by atoms with van der Waals surface area (Å²) in [6, 6.07) is 0. The molecule has 0 rings (SSSR count). The second kappa shape index (κ2) is 7.15. The van der Waals surface area contributed by atoms with Crippen LogP contribution in [0, 0.1) is 0 Å². The minimum absolute atomic E-state index is 0.102. The van der Waals surface area contributed by atoms with Gasteiger partial charge in [-0.2, -0.15) is 0 Å². The first-order chi connectivity index (χ1) is 7.54. The Kier molecular flexibility index (Phi) is 7.34. The van der Waals surface area contributed by atoms with E-state index in [1.54, 1.807) is 0 Å². The van der Waals surface area contributed by atoms with Crippen molar-refractivity contribution < 1.29 is 13.6 Å². The van der Waals surface area contributed by atoms with Crippen molar-refractivity contribution in [2.75, 3.05) is 26.4 Å². The van der Waals surface area contributed by atoms with E-state index in [-0.39, 0.29) is 6.10 Å². The second-order valence-corrected chi connectivity index (χ2v) is 9.51. The number of rotatable bonds is 7. The highest BCUT2D eigenvalue weighted by molar-refractivity contribution is 8.55. The third kappa shape index (κ3) is 10.1. The first-order valence-electron chi connectivity index (χ1n) is 5.82. The minimum atomic E-state index is -3.06. The molecular weight excluding hydrogens is 257 g/mol. The van der Waals surface area contributed by atoms with Gasteiger partial charge in [0.05, 0.1) is 11.7 Å². The van der Waals surface area contributed by atoms with Crippen molar-refractivity contribution in [1.82, 2.24) is 4.90 Å². The van der Waals surface area contributed by atoms with Gasteiger partial charge in [-0.3, -0.25) is 9.05 Å². The van der Waals surface area contributed by atoms with E-state index in [1.807, 2.05) is 53.6 Å². The first-order valence-corrected chi connectivity index (χ1v) is 8.96. The van der Waals surface area contributed by atoms with Gasteiger partial charge < -0.3 is 4.90 Å². The smallest absolute Gasteiger partial charge is 0.309 e. The van der Waals surface area contributed by atoms with Crippen LogP contribution in [0.25, 0.3) is 0 Å². The van der Waals surface area contributed by atoms with E-state index in [2.05, 4.69) is 0 Å². The lowest BCUT2D eigenvalue weighted by Crippen LogP contribution is -2.19. The summed E-state index contributed by atoms with van der Waals surface area (Å²) in [5, 5.41) is 0. The van der Waals surface area contributed by atoms with Gasteiger partial charge in [0, 0.05) is 12.3 Å². The fourth-order valence-electron chi connectivity index (χ4n) is 1.01. The maximum Gasteiger partial charge on any atom is 0.389 e. The number of hydrogen-bond acceptors (Lipinski definition) is 5. The molecule has 0 aliphatic rings. The molecule has 0 aromatic carbocycles. The first kappa shape index (κ1) is 17.5. The zero-order valence-electron chi connectivity index (χ0n) is 12.0. The highest BCUT2D eigenvalue weighted by Crippen LogP contribution is 2.63. The normalized spacial score (nSPS) is 16.5. The van der Waals surface area contributed by atoms with Crippen LogP contribution in [0.4, 0.5) is 0 Å². The van der Waals surface area contributed by atoms with E-state index in [0.717, 1.165) is 12.3 Å². The summed E-state index contributed by atoms with van der Waals surface area (Å²) in [6.07, 6.45) is -0.102. The van der Waals surface area contributed by atoms with Crippen LogP contribution < -0.4 is 0 Å². The Hall–Kier alpha value is 0.460. The molecule has 1 unspecified atom stereocenters. The summed E-state index contributed by atoms with van der Waals surface area (Å²) >= 11 is 1.28. The quantitative estimate of drug-likeness (QED) is 0.667. The van der Waals surface area contributed by atoms with Crippen LogP contribution in [0.2, 0.25) is 0 Å². The zero-order valence-corrected chi connectivity index (χ0v) is 13.7. The molecule has 0 fully saturated rings. The monoisotopic (exact) mass is 283 g/mol. The Bertz CT molecular complexity index is 264. The summed E-state index contributed by atoms with van der Waals surface area (Å²) in [7, 11) is 3.97. The largest absolute Gasteiger partial charge is 0.389 e. The molecule has 0 heterocycles. The van der Waals surface area contributed by atoms with Crippen LogP contribution in [0.3, 0.4) is 0 Å². The summed E-state index contributed by atoms with van der Waals surface area (Å²) in [4.78, 5) is 2.05. The Morgan fingerprint density at radius 2 is 1.82 bits per heavy atom. The lowest BCUT2D eigenvalue weighted by molar-refractivity contribution is 0.0926. The van der Waals surface area contributed by atoms with Gasteiger partial charge in [0.25, 0.3) is 0 Å². The molecule has 0 aromatic rings. The Labute approximate surface area is 110 Å². The molecule has 104 valence electrons. The van der Waals surface area contributed by atoms with Gasteiger partial charge >= 0.3 is 6.80 Å². The van der Waals surface area contributed by atoms with Crippen molar-refractivity contribution in [2.45, 2.75) is 46.3 Å². The van der Waals surface area contributed by atoms with E-state index in [4.69, 9.17) is 9.05 Å². The van der Waals surface area contributed by atoms with Crippen LogP contribution in [0.5, 0.6) is 0 Å². The van der Waals surface area contributed by atoms with Gasteiger partial charge in [-0.05, 0) is 60.1 Å². The van der Waals surface area contributed by atoms with E-state index in [9.17, 15) is 4.57 Å². The van der Waals surface area contributed by atoms with Gasteiger partial charge in [-0.25, -0.2) is 4.57 Å². The van der Waals surface area contributed by atoms with Crippen LogP contribution in [-0.2, 0) is 13.6 Å². The molecular formula is C11H26NO3PS. The molecule has 0 saturated carbocycles. The van der Waals surface area contributed by atoms with Crippen molar-refractivity contribution in [2.24, 2.45) is 0 Å². The van der Waals surface area contributed by atoms with Gasteiger partial charge in [0.1, 0.15) is 0 Å². The van der Waals surface area contributed by atoms with Crippen LogP contribution >= 0.6 is 18.2 Å². The molecule has 0 N–H and O–H groups in total. The second-order valence-electron chi connectivity index (χ2n) is 5.44. The predicted octanol–water partition coefficient (Wildman–Crippen LogP) is 3.63. The summed E-state index contributed by atoms with van der Waals surface area (Å²) in [6.45, 7) is 7.17. The lowest BCUT2D eigenvalue weighted by Gasteiger charge is -2.27. The molecule has 17 heavy (non-hydrogen) atoms. The van der Waals surface area contributed by atoms with Crippen LogP contribution in [0.1, 0.15) is 34.6 Å². The van der Waals surface area contributed by atoms with Gasteiger partial charge in [0.15, 0.2) is 0 Å². The highest BCUT2D eigenvalue weighted by Gasteiger charge is 2.32. The van der Waals surface area contributed by atoms with E-state index >= 15 is 0 Å². The summed E-state index contributed by atoms with van der Waals surface area (Å²) in [5.41, 5.74) is -0.463. The number of hydrogen-bond donors (Lipinski definition) is 0. The number of nitrogens with zero attached hydrogens (tertiary/aromatic N) is 1. The van der Waals surface area contributed by atoms with Gasteiger partial charge in [-0.1, -0.05) is 0 Å². The standard InChI is InChI=1S/C11H26NO3PS/c1-10(2)14-16(13,15-11(3,4)5)17-9-8-12(6)7/h10H,8-9H2,1-7H3. The molecule has 0 aliphatic carbocycles. The van der Waals surface area contributed by atoms with Crippen LogP contribution in [0.15, 0.2) is 0 Å². The van der Waals surface area contributed by atoms with Crippen molar-refractivity contribution in [3.63, 3.8) is 0 Å². The topological polar surface area (TPSA) is 38.8 Å². The molecule has 0 bridgehead atoms. The Morgan fingerprint density at radius 3 is 2.18 bits per heavy atom. The average molecular weight is 283 g/mol. The van der Waals surface area contributed by atoms with Crippen molar-refractivity contribution >= 4 is 18.2 Å². The highest BCUT2D eigenvalue weighted by atomic mass is 32.7. The maximum absolute atomic E-state index is 12.5. The fraction of sp³-hybridized carbons (Fsp3) is 1.00. The van der Waals surface area contributed by atoms with Gasteiger partial charge in [0.2, 0.25) is 0 Å². The van der Waals surface area contributed by atoms with Crippen molar-refractivity contribution in [3.8, 4) is 0 Å². The average Bonchev–Trinajstić information content (AvgIpc) is 1.95. The molecule has 0 amide bonds. The molecule has 0 aromatic heterocycles. The molecule has 0 aliphatic heterocycles. The third-order valence-electron chi connectivity index (χ3n) is 1.51. The molecule has 0 saturated heterocycles. The Balaban J connectivity index is 4.46. The lowest BCUT2D eigenvalue weighted by atomic mass is 10.2. The van der Waals surface area contributed by atoms with E-state index in [1.165, 1.54) is 11.4 Å². The molecule has 6 heteroatoms. The molecule has 1 atom stereocenters. The predicted molar refractivity (Wildman–Crippen MR) is 75.7 cm³/mol. The van der Waals surface area contributed by atoms with Crippen molar-refractivity contribution in [1.29, 1.82) is 0 Å². The summed E-state index contributed by atoms with van der Waals surface area (Å²) < 4.78 is 23.6. The fourth-order valence-corrected chi connectivity index (χ4v) is 5.47. The zero-order chi connectivity index (χ0) is 13.7. The summed E-state index contributed by atoms with van der Waals surface area (Å²) in [5.74, 6) is 0.729. The van der Waals surface area contributed by atoms with Gasteiger partial charge in [-0.15, -0.1) is 0 Å². The van der Waals surface area contributed by atoms with E-state index < -0.39 is 12.4 Å². The molecule has 0 radical (unpaired) electrons. The maximum atomic E-state index is 12.5. The third-order valence-corrected chi connectivity index (χ3v) is 5.62. The SMILES string of the molecule is CC(C)OP(=O)(OC(C)(C)C)SCCN(C)C. The Morgan fingerprint density at radius 1 is 1.29 bits per heavy atom. The van der Waals surface area contributed by atoms with E-state index in [0.29, 0.717) is 0 Å². The van der Waals surface area contributed by atoms with Crippen LogP contribution in [-0.4, -0.2) is 43.0 Å². The minimum Gasteiger partial charge on any atom is -0.309 e. The van der Waals surface area contributed by atoms with Crippen molar-refractivity contribution in [3.05, 3.63) is 0 Å². The molecule has 4 nitrogen and oxygen atoms in total. The molecule has 0 spiro atoms.